The summed E-state index contributed by atoms with van der Waals surface area (Å²) in [5.41, 5.74) is 1.09. The summed E-state index contributed by atoms with van der Waals surface area (Å²) in [5, 5.41) is 11.9. The normalized spacial score (nSPS) is 10.9. The number of nitrogens with one attached hydrogen (secondary N) is 1. The van der Waals surface area contributed by atoms with Gasteiger partial charge < -0.3 is 10.1 Å². The van der Waals surface area contributed by atoms with Crippen molar-refractivity contribution in [3.8, 4) is 0 Å². The van der Waals surface area contributed by atoms with E-state index in [0.717, 1.165) is 20.1 Å². The SMILES string of the molecule is O=C(O)c1[nH]c2ccsc2c1Sc1ccccn1. The van der Waals surface area contributed by atoms with Crippen molar-refractivity contribution >= 4 is 39.3 Å². The number of pyridine rings is 1. The molecule has 0 aliphatic carbocycles. The molecule has 0 saturated carbocycles. The second-order valence-electron chi connectivity index (χ2n) is 3.57. The maximum Gasteiger partial charge on any atom is 0.353 e. The molecule has 0 bridgehead atoms. The summed E-state index contributed by atoms with van der Waals surface area (Å²) in [7, 11) is 0. The number of nitrogens with zero attached hydrogens (tertiary/aromatic N) is 1. The Hall–Kier alpha value is -1.79. The Morgan fingerprint density at radius 3 is 3.00 bits per heavy atom. The molecule has 3 aromatic heterocycles. The van der Waals surface area contributed by atoms with Crippen LogP contribution in [0.3, 0.4) is 0 Å². The highest BCUT2D eigenvalue weighted by atomic mass is 32.2. The van der Waals surface area contributed by atoms with Gasteiger partial charge in [0.05, 0.1) is 15.1 Å². The number of rotatable bonds is 3. The monoisotopic (exact) mass is 276 g/mol. The molecule has 0 unspecified atom stereocenters. The Labute approximate surface area is 111 Å². The van der Waals surface area contributed by atoms with E-state index >= 15 is 0 Å². The maximum atomic E-state index is 11.2. The predicted molar refractivity (Wildman–Crippen MR) is 71.5 cm³/mol. The van der Waals surface area contributed by atoms with Gasteiger partial charge in [-0.15, -0.1) is 11.3 Å². The Balaban J connectivity index is 2.11. The first-order valence-corrected chi connectivity index (χ1v) is 6.86. The standard InChI is InChI=1S/C12H8N2O2S2/c15-12(16)9-11(10-7(14-9)4-6-17-10)18-8-3-1-2-5-13-8/h1-6,14H,(H,15,16). The van der Waals surface area contributed by atoms with Crippen LogP contribution >= 0.6 is 23.1 Å². The average molecular weight is 276 g/mol. The largest absolute Gasteiger partial charge is 0.477 e. The number of carbonyl (C=O) groups is 1. The lowest BCUT2D eigenvalue weighted by molar-refractivity contribution is 0.0688. The van der Waals surface area contributed by atoms with Crippen molar-refractivity contribution in [3.63, 3.8) is 0 Å². The lowest BCUT2D eigenvalue weighted by Gasteiger charge is -1.99. The number of aromatic nitrogens is 2. The van der Waals surface area contributed by atoms with Gasteiger partial charge in [-0.3, -0.25) is 0 Å². The number of carboxylic acid groups (broad SMARTS) is 1. The van der Waals surface area contributed by atoms with Crippen LogP contribution in [0, 0.1) is 0 Å². The number of hydrogen-bond acceptors (Lipinski definition) is 4. The maximum absolute atomic E-state index is 11.2. The van der Waals surface area contributed by atoms with Crippen LogP contribution in [-0.2, 0) is 0 Å². The minimum absolute atomic E-state index is 0.229. The number of hydrogen-bond donors (Lipinski definition) is 2. The van der Waals surface area contributed by atoms with E-state index in [1.807, 2.05) is 29.6 Å². The van der Waals surface area contributed by atoms with Crippen LogP contribution in [-0.4, -0.2) is 21.0 Å². The first-order valence-electron chi connectivity index (χ1n) is 5.17. The molecule has 0 fully saturated rings. The molecule has 6 heteroatoms. The van der Waals surface area contributed by atoms with Crippen molar-refractivity contribution in [3.05, 3.63) is 41.5 Å². The molecule has 0 atom stereocenters. The van der Waals surface area contributed by atoms with E-state index in [-0.39, 0.29) is 5.69 Å². The van der Waals surface area contributed by atoms with Gasteiger partial charge >= 0.3 is 5.97 Å². The summed E-state index contributed by atoms with van der Waals surface area (Å²) in [6.07, 6.45) is 1.70. The van der Waals surface area contributed by atoms with Gasteiger partial charge in [0.2, 0.25) is 0 Å². The van der Waals surface area contributed by atoms with Gasteiger partial charge in [-0.05, 0) is 23.6 Å². The third kappa shape index (κ3) is 1.89. The fourth-order valence-electron chi connectivity index (χ4n) is 1.65. The molecule has 0 aromatic carbocycles. The zero-order valence-electron chi connectivity index (χ0n) is 9.08. The molecule has 90 valence electrons. The predicted octanol–water partition coefficient (Wildman–Crippen LogP) is 3.47. The Bertz CT molecular complexity index is 703. The molecule has 18 heavy (non-hydrogen) atoms. The van der Waals surface area contributed by atoms with Crippen molar-refractivity contribution in [1.82, 2.24) is 9.97 Å². The summed E-state index contributed by atoms with van der Waals surface area (Å²) >= 11 is 2.90. The van der Waals surface area contributed by atoms with E-state index in [4.69, 9.17) is 0 Å². The summed E-state index contributed by atoms with van der Waals surface area (Å²) in [5.74, 6) is -0.947. The van der Waals surface area contributed by atoms with Crippen LogP contribution in [0.2, 0.25) is 0 Å². The van der Waals surface area contributed by atoms with E-state index in [9.17, 15) is 9.90 Å². The van der Waals surface area contributed by atoms with Crippen LogP contribution < -0.4 is 0 Å². The van der Waals surface area contributed by atoms with Gasteiger partial charge in [-0.2, -0.15) is 0 Å². The lowest BCUT2D eigenvalue weighted by atomic mass is 10.4. The number of aromatic carboxylic acids is 1. The molecular weight excluding hydrogens is 268 g/mol. The van der Waals surface area contributed by atoms with E-state index in [2.05, 4.69) is 9.97 Å². The molecule has 3 aromatic rings. The van der Waals surface area contributed by atoms with Gasteiger partial charge in [-0.25, -0.2) is 9.78 Å². The molecule has 0 aliphatic heterocycles. The minimum atomic E-state index is -0.947. The Morgan fingerprint density at radius 1 is 1.39 bits per heavy atom. The zero-order chi connectivity index (χ0) is 12.5. The summed E-state index contributed by atoms with van der Waals surface area (Å²) in [6, 6.07) is 7.46. The van der Waals surface area contributed by atoms with Crippen molar-refractivity contribution < 1.29 is 9.90 Å². The van der Waals surface area contributed by atoms with Crippen LogP contribution in [0.1, 0.15) is 10.5 Å². The highest BCUT2D eigenvalue weighted by molar-refractivity contribution is 7.99. The number of aromatic amines is 1. The second-order valence-corrected chi connectivity index (χ2v) is 5.51. The van der Waals surface area contributed by atoms with Crippen molar-refractivity contribution in [2.45, 2.75) is 9.92 Å². The molecule has 2 N–H and O–H groups in total. The van der Waals surface area contributed by atoms with Gasteiger partial charge in [-0.1, -0.05) is 17.8 Å². The van der Waals surface area contributed by atoms with E-state index in [1.165, 1.54) is 23.1 Å². The van der Waals surface area contributed by atoms with Gasteiger partial charge in [0.1, 0.15) is 10.7 Å². The molecule has 0 spiro atoms. The van der Waals surface area contributed by atoms with Crippen molar-refractivity contribution in [2.24, 2.45) is 0 Å². The quantitative estimate of drug-likeness (QED) is 0.768. The van der Waals surface area contributed by atoms with Crippen LogP contribution in [0.4, 0.5) is 0 Å². The number of fused-ring (bicyclic) bond motifs is 1. The third-order valence-corrected chi connectivity index (χ3v) is 4.54. The molecular formula is C12H8N2O2S2. The van der Waals surface area contributed by atoms with Crippen LogP contribution in [0.25, 0.3) is 10.2 Å². The third-order valence-electron chi connectivity index (χ3n) is 2.42. The smallest absolute Gasteiger partial charge is 0.353 e. The minimum Gasteiger partial charge on any atom is -0.477 e. The second kappa shape index (κ2) is 4.47. The van der Waals surface area contributed by atoms with Crippen molar-refractivity contribution in [1.29, 1.82) is 0 Å². The first-order chi connectivity index (χ1) is 8.75. The molecule has 0 aliphatic rings. The highest BCUT2D eigenvalue weighted by Crippen LogP contribution is 2.38. The van der Waals surface area contributed by atoms with Gasteiger partial charge in [0.25, 0.3) is 0 Å². The first kappa shape index (κ1) is 11.3. The Morgan fingerprint density at radius 2 is 2.28 bits per heavy atom. The molecule has 0 radical (unpaired) electrons. The molecule has 0 saturated heterocycles. The average Bonchev–Trinajstić information content (AvgIpc) is 2.93. The fourth-order valence-corrected chi connectivity index (χ4v) is 3.63. The van der Waals surface area contributed by atoms with Gasteiger partial charge in [0.15, 0.2) is 0 Å². The van der Waals surface area contributed by atoms with Crippen LogP contribution in [0.15, 0.2) is 45.8 Å². The summed E-state index contributed by atoms with van der Waals surface area (Å²) in [6.45, 7) is 0. The van der Waals surface area contributed by atoms with E-state index in [1.54, 1.807) is 6.20 Å². The lowest BCUT2D eigenvalue weighted by Crippen LogP contribution is -1.98. The van der Waals surface area contributed by atoms with E-state index in [0.29, 0.717) is 0 Å². The molecule has 3 heterocycles. The zero-order valence-corrected chi connectivity index (χ0v) is 10.7. The highest BCUT2D eigenvalue weighted by Gasteiger charge is 2.19. The van der Waals surface area contributed by atoms with Gasteiger partial charge in [0, 0.05) is 6.20 Å². The van der Waals surface area contributed by atoms with E-state index < -0.39 is 5.97 Å². The number of H-pyrrole nitrogens is 1. The number of thiophene rings is 1. The topological polar surface area (TPSA) is 66.0 Å². The summed E-state index contributed by atoms with van der Waals surface area (Å²) < 4.78 is 0.961. The molecule has 4 nitrogen and oxygen atoms in total. The number of carboxylic acids is 1. The molecule has 3 rings (SSSR count). The summed E-state index contributed by atoms with van der Waals surface area (Å²) in [4.78, 5) is 19.1. The van der Waals surface area contributed by atoms with Crippen molar-refractivity contribution in [2.75, 3.05) is 0 Å². The fraction of sp³-hybridized carbons (Fsp3) is 0. The Kier molecular flexibility index (Phi) is 2.81. The van der Waals surface area contributed by atoms with Crippen LogP contribution in [0.5, 0.6) is 0 Å². The molecule has 0 amide bonds.